The summed E-state index contributed by atoms with van der Waals surface area (Å²) in [7, 11) is -3.93. The Morgan fingerprint density at radius 2 is 1.71 bits per heavy atom. The third-order valence-corrected chi connectivity index (χ3v) is 7.09. The summed E-state index contributed by atoms with van der Waals surface area (Å²) in [6.45, 7) is 6.00. The van der Waals surface area contributed by atoms with Gasteiger partial charge in [0.2, 0.25) is 0 Å². The third-order valence-electron chi connectivity index (χ3n) is 4.41. The van der Waals surface area contributed by atoms with Crippen LogP contribution >= 0.6 is 11.6 Å². The van der Waals surface area contributed by atoms with E-state index in [1.807, 2.05) is 20.8 Å². The molecule has 6 heteroatoms. The molecule has 1 N–H and O–H groups in total. The second-order valence-corrected chi connectivity index (χ2v) is 9.42. The van der Waals surface area contributed by atoms with Crippen LogP contribution in [-0.2, 0) is 14.6 Å². The highest BCUT2D eigenvalue weighted by molar-refractivity contribution is 7.93. The highest BCUT2D eigenvalue weighted by atomic mass is 35.5. The molecule has 0 saturated heterocycles. The van der Waals surface area contributed by atoms with Gasteiger partial charge in [0, 0.05) is 5.02 Å². The van der Waals surface area contributed by atoms with E-state index in [-0.39, 0.29) is 29.1 Å². The van der Waals surface area contributed by atoms with Gasteiger partial charge in [-0.25, -0.2) is 8.42 Å². The molecule has 0 aromatic heterocycles. The molecule has 1 aromatic rings. The SMILES string of the molecule is CC(C)(C)C1CC(C(=O)O)(S(=O)(=O)c2ccc(Cl)cc2)C1. The van der Waals surface area contributed by atoms with E-state index in [1.165, 1.54) is 24.3 Å². The molecule has 1 aliphatic rings. The van der Waals surface area contributed by atoms with Crippen molar-refractivity contribution >= 4 is 27.4 Å². The highest BCUT2D eigenvalue weighted by Gasteiger charge is 2.62. The molecule has 0 bridgehead atoms. The average Bonchev–Trinajstić information content (AvgIpc) is 2.24. The van der Waals surface area contributed by atoms with Crippen LogP contribution in [0.4, 0.5) is 0 Å². The predicted octanol–water partition coefficient (Wildman–Crippen LogP) is 3.39. The number of sulfone groups is 1. The predicted molar refractivity (Wildman–Crippen MR) is 81.2 cm³/mol. The molecule has 1 aromatic carbocycles. The summed E-state index contributed by atoms with van der Waals surface area (Å²) in [5.74, 6) is -1.19. The Bertz CT molecular complexity index is 650. The Morgan fingerprint density at radius 1 is 1.24 bits per heavy atom. The molecule has 0 unspecified atom stereocenters. The maximum absolute atomic E-state index is 12.7. The average molecular weight is 331 g/mol. The number of hydrogen-bond donors (Lipinski definition) is 1. The zero-order valence-corrected chi connectivity index (χ0v) is 13.8. The van der Waals surface area contributed by atoms with E-state index in [9.17, 15) is 18.3 Å². The number of carbonyl (C=O) groups is 1. The van der Waals surface area contributed by atoms with E-state index >= 15 is 0 Å². The molecule has 116 valence electrons. The van der Waals surface area contributed by atoms with Gasteiger partial charge in [-0.1, -0.05) is 32.4 Å². The van der Waals surface area contributed by atoms with Crippen LogP contribution in [0.15, 0.2) is 29.2 Å². The lowest BCUT2D eigenvalue weighted by Crippen LogP contribution is -2.58. The Morgan fingerprint density at radius 3 is 2.10 bits per heavy atom. The molecule has 1 aliphatic carbocycles. The molecule has 2 rings (SSSR count). The first kappa shape index (κ1) is 16.3. The zero-order chi connectivity index (χ0) is 16.1. The summed E-state index contributed by atoms with van der Waals surface area (Å²) in [6, 6.07) is 5.66. The number of halogens is 1. The largest absolute Gasteiger partial charge is 0.480 e. The first-order valence-corrected chi connectivity index (χ1v) is 8.60. The molecule has 0 heterocycles. The second kappa shape index (κ2) is 4.99. The summed E-state index contributed by atoms with van der Waals surface area (Å²) in [5.41, 5.74) is -0.103. The maximum atomic E-state index is 12.7. The summed E-state index contributed by atoms with van der Waals surface area (Å²) < 4.78 is 23.8. The van der Waals surface area contributed by atoms with Gasteiger partial charge in [0.1, 0.15) is 0 Å². The summed E-state index contributed by atoms with van der Waals surface area (Å²) in [5, 5.41) is 9.93. The molecule has 0 aliphatic heterocycles. The second-order valence-electron chi connectivity index (χ2n) is 6.73. The van der Waals surface area contributed by atoms with Gasteiger partial charge in [0.05, 0.1) is 4.90 Å². The maximum Gasteiger partial charge on any atom is 0.325 e. The van der Waals surface area contributed by atoms with E-state index in [0.717, 1.165) is 0 Å². The Hall–Kier alpha value is -1.07. The third kappa shape index (κ3) is 2.57. The molecule has 0 spiro atoms. The lowest BCUT2D eigenvalue weighted by atomic mass is 9.62. The lowest BCUT2D eigenvalue weighted by Gasteiger charge is -2.49. The van der Waals surface area contributed by atoms with Gasteiger partial charge < -0.3 is 5.11 Å². The molecule has 0 amide bonds. The molecule has 21 heavy (non-hydrogen) atoms. The fourth-order valence-electron chi connectivity index (χ4n) is 2.70. The minimum absolute atomic E-state index is 0.0154. The molecule has 4 nitrogen and oxygen atoms in total. The molecule has 1 fully saturated rings. The highest BCUT2D eigenvalue weighted by Crippen LogP contribution is 2.53. The van der Waals surface area contributed by atoms with Crippen molar-refractivity contribution in [3.63, 3.8) is 0 Å². The summed E-state index contributed by atoms with van der Waals surface area (Å²) in [4.78, 5) is 11.7. The number of rotatable bonds is 3. The van der Waals surface area contributed by atoms with Crippen molar-refractivity contribution in [3.05, 3.63) is 29.3 Å². The normalized spacial score (nSPS) is 26.2. The Kier molecular flexibility index (Phi) is 3.87. The van der Waals surface area contributed by atoms with E-state index in [1.54, 1.807) is 0 Å². The molecule has 1 saturated carbocycles. The van der Waals surface area contributed by atoms with Crippen LogP contribution < -0.4 is 0 Å². The van der Waals surface area contributed by atoms with Crippen molar-refractivity contribution in [2.45, 2.75) is 43.3 Å². The number of carboxylic acids is 1. The standard InChI is InChI=1S/C15H19ClO4S/c1-14(2,3)10-8-15(9-10,13(17)18)21(19,20)12-6-4-11(16)5-7-12/h4-7,10H,8-9H2,1-3H3,(H,17,18). The molecule has 0 radical (unpaired) electrons. The van der Waals surface area contributed by atoms with E-state index in [0.29, 0.717) is 5.02 Å². The van der Waals surface area contributed by atoms with Gasteiger partial charge in [0.25, 0.3) is 0 Å². The summed E-state index contributed by atoms with van der Waals surface area (Å²) >= 11 is 5.76. The van der Waals surface area contributed by atoms with Gasteiger partial charge in [-0.05, 0) is 48.4 Å². The fraction of sp³-hybridized carbons (Fsp3) is 0.533. The molecular weight excluding hydrogens is 312 g/mol. The van der Waals surface area contributed by atoms with Crippen molar-refractivity contribution in [1.82, 2.24) is 0 Å². The smallest absolute Gasteiger partial charge is 0.325 e. The van der Waals surface area contributed by atoms with Crippen LogP contribution in [0, 0.1) is 11.3 Å². The topological polar surface area (TPSA) is 71.4 Å². The van der Waals surface area contributed by atoms with Crippen molar-refractivity contribution in [1.29, 1.82) is 0 Å². The van der Waals surface area contributed by atoms with Gasteiger partial charge >= 0.3 is 5.97 Å². The number of benzene rings is 1. The quantitative estimate of drug-likeness (QED) is 0.922. The monoisotopic (exact) mass is 330 g/mol. The van der Waals surface area contributed by atoms with Crippen LogP contribution in [0.1, 0.15) is 33.6 Å². The van der Waals surface area contributed by atoms with E-state index < -0.39 is 20.6 Å². The van der Waals surface area contributed by atoms with Gasteiger partial charge in [-0.2, -0.15) is 0 Å². The van der Waals surface area contributed by atoms with Crippen LogP contribution in [0.25, 0.3) is 0 Å². The van der Waals surface area contributed by atoms with Crippen molar-refractivity contribution in [2.24, 2.45) is 11.3 Å². The van der Waals surface area contributed by atoms with Crippen LogP contribution in [0.3, 0.4) is 0 Å². The fourth-order valence-corrected chi connectivity index (χ4v) is 4.84. The lowest BCUT2D eigenvalue weighted by molar-refractivity contribution is -0.145. The first-order chi connectivity index (χ1) is 9.50. The zero-order valence-electron chi connectivity index (χ0n) is 12.3. The Balaban J connectivity index is 2.41. The summed E-state index contributed by atoms with van der Waals surface area (Å²) in [6.07, 6.45) is 0.299. The number of carboxylic acid groups (broad SMARTS) is 1. The minimum atomic E-state index is -3.93. The van der Waals surface area contributed by atoms with Gasteiger partial charge in [-0.15, -0.1) is 0 Å². The van der Waals surface area contributed by atoms with Crippen LogP contribution in [0.2, 0.25) is 5.02 Å². The van der Waals surface area contributed by atoms with Crippen molar-refractivity contribution in [2.75, 3.05) is 0 Å². The van der Waals surface area contributed by atoms with E-state index in [2.05, 4.69) is 0 Å². The van der Waals surface area contributed by atoms with Gasteiger partial charge in [-0.3, -0.25) is 4.79 Å². The van der Waals surface area contributed by atoms with Crippen LogP contribution in [0.5, 0.6) is 0 Å². The minimum Gasteiger partial charge on any atom is -0.480 e. The molecule has 0 atom stereocenters. The van der Waals surface area contributed by atoms with E-state index in [4.69, 9.17) is 11.6 Å². The number of hydrogen-bond acceptors (Lipinski definition) is 3. The molecular formula is C15H19ClO4S. The van der Waals surface area contributed by atoms with Crippen molar-refractivity contribution < 1.29 is 18.3 Å². The first-order valence-electron chi connectivity index (χ1n) is 6.74. The van der Waals surface area contributed by atoms with Crippen molar-refractivity contribution in [3.8, 4) is 0 Å². The Labute approximate surface area is 130 Å². The number of aliphatic carboxylic acids is 1. The van der Waals surface area contributed by atoms with Gasteiger partial charge in [0.15, 0.2) is 14.6 Å². The van der Waals surface area contributed by atoms with Crippen LogP contribution in [-0.4, -0.2) is 24.2 Å².